The average molecular weight is 330 g/mol. The summed E-state index contributed by atoms with van der Waals surface area (Å²) in [6.45, 7) is 2.99. The molecule has 1 N–H and O–H groups in total. The summed E-state index contributed by atoms with van der Waals surface area (Å²) in [4.78, 5) is 13.9. The van der Waals surface area contributed by atoms with Gasteiger partial charge in [0.05, 0.1) is 0 Å². The zero-order valence-corrected chi connectivity index (χ0v) is 14.1. The minimum Gasteiger partial charge on any atom is -0.375 e. The number of ether oxygens (including phenoxy) is 1. The number of carbonyl (C=O) groups excluding carboxylic acids is 1. The summed E-state index contributed by atoms with van der Waals surface area (Å²) in [5.41, 5.74) is 3.86. The Labute approximate surface area is 141 Å². The van der Waals surface area contributed by atoms with E-state index in [1.54, 1.807) is 18.4 Å². The van der Waals surface area contributed by atoms with E-state index in [1.807, 2.05) is 0 Å². The number of carbonyl (C=O) groups is 1. The standard InChI is InChI=1S/C18H22N2O2S/c1-22-12-18(21)19-17-6-8-20(11-17)10-14-2-4-15(5-3-14)16-7-9-23-13-16/h2-5,7,9,13,17H,6,8,10-12H2,1H3,(H,19,21). The second-order valence-electron chi connectivity index (χ2n) is 5.93. The molecule has 0 spiro atoms. The molecular weight excluding hydrogens is 308 g/mol. The van der Waals surface area contributed by atoms with Crippen molar-refractivity contribution in [1.29, 1.82) is 0 Å². The van der Waals surface area contributed by atoms with Gasteiger partial charge in [-0.3, -0.25) is 9.69 Å². The molecule has 0 aliphatic carbocycles. The molecule has 0 radical (unpaired) electrons. The molecule has 2 aromatic rings. The lowest BCUT2D eigenvalue weighted by molar-refractivity contribution is -0.125. The highest BCUT2D eigenvalue weighted by Crippen LogP contribution is 2.23. The van der Waals surface area contributed by atoms with Gasteiger partial charge in [-0.05, 0) is 39.9 Å². The van der Waals surface area contributed by atoms with E-state index in [0.29, 0.717) is 0 Å². The number of rotatable bonds is 6. The molecule has 1 aromatic carbocycles. The average Bonchev–Trinajstić information content (AvgIpc) is 3.20. The quantitative estimate of drug-likeness (QED) is 0.885. The predicted molar refractivity (Wildman–Crippen MR) is 93.5 cm³/mol. The third-order valence-corrected chi connectivity index (χ3v) is 4.81. The van der Waals surface area contributed by atoms with Crippen molar-refractivity contribution in [1.82, 2.24) is 10.2 Å². The van der Waals surface area contributed by atoms with Crippen molar-refractivity contribution in [3.05, 3.63) is 46.7 Å². The minimum absolute atomic E-state index is 0.0283. The molecule has 1 amide bonds. The van der Waals surface area contributed by atoms with Crippen LogP contribution >= 0.6 is 11.3 Å². The van der Waals surface area contributed by atoms with Crippen molar-refractivity contribution in [2.45, 2.75) is 19.0 Å². The van der Waals surface area contributed by atoms with Gasteiger partial charge in [0.15, 0.2) is 0 Å². The van der Waals surface area contributed by atoms with E-state index in [-0.39, 0.29) is 18.6 Å². The van der Waals surface area contributed by atoms with Gasteiger partial charge in [-0.15, -0.1) is 0 Å². The van der Waals surface area contributed by atoms with Gasteiger partial charge in [-0.25, -0.2) is 0 Å². The third-order valence-electron chi connectivity index (χ3n) is 4.13. The van der Waals surface area contributed by atoms with Crippen LogP contribution in [0.2, 0.25) is 0 Å². The lowest BCUT2D eigenvalue weighted by Crippen LogP contribution is -2.38. The lowest BCUT2D eigenvalue weighted by atomic mass is 10.1. The van der Waals surface area contributed by atoms with E-state index in [4.69, 9.17) is 4.74 Å². The number of methoxy groups -OCH3 is 1. The van der Waals surface area contributed by atoms with E-state index in [9.17, 15) is 4.79 Å². The summed E-state index contributed by atoms with van der Waals surface area (Å²) in [6, 6.07) is 11.2. The van der Waals surface area contributed by atoms with E-state index < -0.39 is 0 Å². The highest BCUT2D eigenvalue weighted by molar-refractivity contribution is 7.08. The first-order chi connectivity index (χ1) is 11.2. The van der Waals surface area contributed by atoms with Crippen molar-refractivity contribution in [2.75, 3.05) is 26.8 Å². The first-order valence-corrected chi connectivity index (χ1v) is 8.81. The molecule has 1 aliphatic rings. The summed E-state index contributed by atoms with van der Waals surface area (Å²) in [7, 11) is 1.54. The van der Waals surface area contributed by atoms with E-state index >= 15 is 0 Å². The number of benzene rings is 1. The van der Waals surface area contributed by atoms with Crippen LogP contribution in [-0.2, 0) is 16.1 Å². The molecule has 1 fully saturated rings. The summed E-state index contributed by atoms with van der Waals surface area (Å²) in [5.74, 6) is -0.0283. The van der Waals surface area contributed by atoms with Crippen LogP contribution in [0.1, 0.15) is 12.0 Å². The second-order valence-corrected chi connectivity index (χ2v) is 6.71. The highest BCUT2D eigenvalue weighted by atomic mass is 32.1. The third kappa shape index (κ3) is 4.41. The summed E-state index contributed by atoms with van der Waals surface area (Å²) < 4.78 is 4.85. The molecule has 1 saturated heterocycles. The van der Waals surface area contributed by atoms with Crippen LogP contribution < -0.4 is 5.32 Å². The van der Waals surface area contributed by atoms with Gasteiger partial charge < -0.3 is 10.1 Å². The van der Waals surface area contributed by atoms with Gasteiger partial charge in [0.2, 0.25) is 5.91 Å². The van der Waals surface area contributed by atoms with E-state index in [0.717, 1.165) is 26.1 Å². The van der Waals surface area contributed by atoms with Crippen molar-refractivity contribution < 1.29 is 9.53 Å². The van der Waals surface area contributed by atoms with Crippen molar-refractivity contribution in [3.8, 4) is 11.1 Å². The summed E-state index contributed by atoms with van der Waals surface area (Å²) in [5, 5.41) is 7.29. The molecule has 0 bridgehead atoms. The summed E-state index contributed by atoms with van der Waals surface area (Å²) in [6.07, 6.45) is 1.00. The molecule has 23 heavy (non-hydrogen) atoms. The first-order valence-electron chi connectivity index (χ1n) is 7.87. The maximum absolute atomic E-state index is 11.6. The van der Waals surface area contributed by atoms with Crippen molar-refractivity contribution in [2.24, 2.45) is 0 Å². The maximum atomic E-state index is 11.6. The molecule has 1 aliphatic heterocycles. The normalized spacial score (nSPS) is 18.2. The minimum atomic E-state index is -0.0283. The Hall–Kier alpha value is -1.69. The molecule has 2 heterocycles. The Balaban J connectivity index is 1.51. The molecule has 3 rings (SSSR count). The number of likely N-dealkylation sites (tertiary alicyclic amines) is 1. The van der Waals surface area contributed by atoms with Gasteiger partial charge in [0.1, 0.15) is 6.61 Å². The van der Waals surface area contributed by atoms with Crippen LogP contribution in [0.4, 0.5) is 0 Å². The topological polar surface area (TPSA) is 41.6 Å². The van der Waals surface area contributed by atoms with Crippen molar-refractivity contribution in [3.63, 3.8) is 0 Å². The maximum Gasteiger partial charge on any atom is 0.246 e. The Morgan fingerprint density at radius 3 is 2.83 bits per heavy atom. The Morgan fingerprint density at radius 2 is 2.13 bits per heavy atom. The van der Waals surface area contributed by atoms with Crippen LogP contribution in [-0.4, -0.2) is 43.7 Å². The molecule has 1 aromatic heterocycles. The lowest BCUT2D eigenvalue weighted by Gasteiger charge is -2.17. The van der Waals surface area contributed by atoms with Gasteiger partial charge in [0.25, 0.3) is 0 Å². The molecule has 4 nitrogen and oxygen atoms in total. The Bertz CT molecular complexity index is 625. The molecule has 1 atom stereocenters. The molecular formula is C18H22N2O2S. The fraction of sp³-hybridized carbons (Fsp3) is 0.389. The summed E-state index contributed by atoms with van der Waals surface area (Å²) >= 11 is 1.72. The van der Waals surface area contributed by atoms with Crippen LogP contribution in [0.3, 0.4) is 0 Å². The number of hydrogen-bond acceptors (Lipinski definition) is 4. The van der Waals surface area contributed by atoms with Crippen LogP contribution in [0.5, 0.6) is 0 Å². The smallest absolute Gasteiger partial charge is 0.246 e. The zero-order chi connectivity index (χ0) is 16.1. The molecule has 1 unspecified atom stereocenters. The molecule has 5 heteroatoms. The second kappa shape index (κ2) is 7.73. The van der Waals surface area contributed by atoms with Crippen molar-refractivity contribution >= 4 is 17.2 Å². The number of amides is 1. The van der Waals surface area contributed by atoms with E-state index in [1.165, 1.54) is 16.7 Å². The van der Waals surface area contributed by atoms with Crippen LogP contribution in [0.25, 0.3) is 11.1 Å². The van der Waals surface area contributed by atoms with Gasteiger partial charge >= 0.3 is 0 Å². The first kappa shape index (κ1) is 16.2. The largest absolute Gasteiger partial charge is 0.375 e. The SMILES string of the molecule is COCC(=O)NC1CCN(Cc2ccc(-c3ccsc3)cc2)C1. The number of nitrogens with zero attached hydrogens (tertiary/aromatic N) is 1. The Morgan fingerprint density at radius 1 is 1.30 bits per heavy atom. The van der Waals surface area contributed by atoms with E-state index in [2.05, 4.69) is 51.3 Å². The zero-order valence-electron chi connectivity index (χ0n) is 13.3. The number of nitrogens with one attached hydrogen (secondary N) is 1. The molecule has 0 saturated carbocycles. The Kier molecular flexibility index (Phi) is 5.43. The van der Waals surface area contributed by atoms with Gasteiger partial charge in [-0.2, -0.15) is 11.3 Å². The van der Waals surface area contributed by atoms with Gasteiger partial charge in [-0.1, -0.05) is 24.3 Å². The monoisotopic (exact) mass is 330 g/mol. The fourth-order valence-corrected chi connectivity index (χ4v) is 3.65. The van der Waals surface area contributed by atoms with Gasteiger partial charge in [0, 0.05) is 32.8 Å². The number of thiophene rings is 1. The molecule has 122 valence electrons. The van der Waals surface area contributed by atoms with Crippen LogP contribution in [0, 0.1) is 0 Å². The predicted octanol–water partition coefficient (Wildman–Crippen LogP) is 2.75. The van der Waals surface area contributed by atoms with Crippen LogP contribution in [0.15, 0.2) is 41.1 Å². The fourth-order valence-electron chi connectivity index (χ4n) is 2.98. The highest BCUT2D eigenvalue weighted by Gasteiger charge is 2.23. The number of hydrogen-bond donors (Lipinski definition) is 1.